The highest BCUT2D eigenvalue weighted by Crippen LogP contribution is 2.13. The summed E-state index contributed by atoms with van der Waals surface area (Å²) in [7, 11) is 0. The van der Waals surface area contributed by atoms with Gasteiger partial charge in [0.15, 0.2) is 5.82 Å². The Morgan fingerprint density at radius 1 is 0.967 bits per heavy atom. The molecule has 150 valence electrons. The number of carbonyl (C=O) groups is 1. The van der Waals surface area contributed by atoms with E-state index < -0.39 is 17.2 Å². The van der Waals surface area contributed by atoms with E-state index in [-0.39, 0.29) is 31.1 Å². The fraction of sp³-hybridized carbons (Fsp3) is 0.136. The van der Waals surface area contributed by atoms with Gasteiger partial charge in [0.2, 0.25) is 0 Å². The minimum absolute atomic E-state index is 0.0233. The van der Waals surface area contributed by atoms with Crippen LogP contribution in [0.15, 0.2) is 82.6 Å². The summed E-state index contributed by atoms with van der Waals surface area (Å²) in [6.45, 7) is -0.00210. The van der Waals surface area contributed by atoms with Crippen molar-refractivity contribution >= 4 is 5.97 Å². The third-order valence-corrected chi connectivity index (χ3v) is 4.54. The Morgan fingerprint density at radius 2 is 1.77 bits per heavy atom. The second-order valence-electron chi connectivity index (χ2n) is 6.63. The largest absolute Gasteiger partial charge is 0.459 e. The number of benzene rings is 1. The predicted octanol–water partition coefficient (Wildman–Crippen LogP) is 1.70. The van der Waals surface area contributed by atoms with E-state index in [4.69, 9.17) is 4.74 Å². The topological polar surface area (TPSA) is 96.1 Å². The fourth-order valence-corrected chi connectivity index (χ4v) is 3.06. The number of carbonyl (C=O) groups excluding carboxylic acids is 1. The van der Waals surface area contributed by atoms with E-state index in [0.717, 1.165) is 10.1 Å². The zero-order valence-electron chi connectivity index (χ0n) is 16.0. The van der Waals surface area contributed by atoms with E-state index in [0.29, 0.717) is 5.69 Å². The lowest BCUT2D eigenvalue weighted by Gasteiger charge is -2.14. The molecule has 8 heteroatoms. The average Bonchev–Trinajstić information content (AvgIpc) is 2.77. The summed E-state index contributed by atoms with van der Waals surface area (Å²) in [5.41, 5.74) is 0.500. The summed E-state index contributed by atoms with van der Waals surface area (Å²) >= 11 is 0. The van der Waals surface area contributed by atoms with Gasteiger partial charge >= 0.3 is 11.7 Å². The molecule has 0 radical (unpaired) electrons. The monoisotopic (exact) mass is 402 g/mol. The summed E-state index contributed by atoms with van der Waals surface area (Å²) in [5.74, 6) is -0.357. The highest BCUT2D eigenvalue weighted by molar-refractivity contribution is 5.70. The van der Waals surface area contributed by atoms with Gasteiger partial charge in [-0.1, -0.05) is 36.4 Å². The quantitative estimate of drug-likeness (QED) is 0.456. The fourth-order valence-electron chi connectivity index (χ4n) is 3.06. The van der Waals surface area contributed by atoms with Crippen molar-refractivity contribution < 1.29 is 9.53 Å². The van der Waals surface area contributed by atoms with Gasteiger partial charge in [-0.05, 0) is 29.8 Å². The molecule has 8 nitrogen and oxygen atoms in total. The van der Waals surface area contributed by atoms with Crippen LogP contribution in [0, 0.1) is 0 Å². The normalized spacial score (nSPS) is 10.8. The Bertz CT molecular complexity index is 1250. The van der Waals surface area contributed by atoms with Crippen LogP contribution in [-0.4, -0.2) is 25.1 Å². The first-order chi connectivity index (χ1) is 14.6. The molecule has 0 saturated heterocycles. The first-order valence-corrected chi connectivity index (χ1v) is 9.31. The van der Waals surface area contributed by atoms with Crippen LogP contribution in [-0.2, 0) is 29.2 Å². The molecule has 0 bridgehead atoms. The number of pyridine rings is 2. The molecule has 0 amide bonds. The Hall–Kier alpha value is -4.07. The number of aromatic nitrogens is 4. The number of fused-ring (bicyclic) bond motifs is 1. The van der Waals surface area contributed by atoms with Crippen LogP contribution in [0.5, 0.6) is 0 Å². The maximum absolute atomic E-state index is 12.9. The molecule has 2 aliphatic heterocycles. The minimum Gasteiger partial charge on any atom is -0.459 e. The predicted molar refractivity (Wildman–Crippen MR) is 109 cm³/mol. The molecule has 0 atom stereocenters. The lowest BCUT2D eigenvalue weighted by atomic mass is 10.2. The van der Waals surface area contributed by atoms with E-state index in [1.54, 1.807) is 42.7 Å². The number of rotatable bonds is 6. The Kier molecular flexibility index (Phi) is 5.47. The first kappa shape index (κ1) is 19.3. The maximum atomic E-state index is 12.9. The van der Waals surface area contributed by atoms with Crippen molar-refractivity contribution in [1.29, 1.82) is 0 Å². The average molecular weight is 402 g/mol. The summed E-state index contributed by atoms with van der Waals surface area (Å²) in [6.07, 6.45) is 3.18. The maximum Gasteiger partial charge on any atom is 0.352 e. The molecule has 0 aliphatic carbocycles. The highest BCUT2D eigenvalue weighted by atomic mass is 16.5. The van der Waals surface area contributed by atoms with Gasteiger partial charge in [0.1, 0.15) is 13.2 Å². The lowest BCUT2D eigenvalue weighted by Crippen LogP contribution is -2.38. The van der Waals surface area contributed by atoms with Gasteiger partial charge in [-0.25, -0.2) is 4.79 Å². The van der Waals surface area contributed by atoms with Gasteiger partial charge in [0.25, 0.3) is 5.56 Å². The summed E-state index contributed by atoms with van der Waals surface area (Å²) in [6, 6.07) is 17.8. The third-order valence-electron chi connectivity index (χ3n) is 4.54. The first-order valence-electron chi connectivity index (χ1n) is 9.31. The molecular weight excluding hydrogens is 384 g/mol. The molecule has 4 rings (SSSR count). The molecule has 3 heterocycles. The Labute approximate surface area is 171 Å². The van der Waals surface area contributed by atoms with Gasteiger partial charge in [0, 0.05) is 12.4 Å². The van der Waals surface area contributed by atoms with Gasteiger partial charge in [-0.3, -0.25) is 19.1 Å². The number of hydrogen-bond donors (Lipinski definition) is 0. The van der Waals surface area contributed by atoms with Crippen LogP contribution in [0.3, 0.4) is 0 Å². The van der Waals surface area contributed by atoms with Crippen LogP contribution in [0.4, 0.5) is 0 Å². The molecule has 1 aromatic heterocycles. The molecule has 0 unspecified atom stereocenters. The SMILES string of the molecule is O=C(Cn1cccc2c(=O)n(Cc3ccccn3)c(=O)nc1-2)OCc1ccccc1. The molecule has 30 heavy (non-hydrogen) atoms. The van der Waals surface area contributed by atoms with Crippen LogP contribution < -0.4 is 11.2 Å². The Morgan fingerprint density at radius 3 is 2.53 bits per heavy atom. The highest BCUT2D eigenvalue weighted by Gasteiger charge is 2.19. The standard InChI is InChI=1S/C22H18N4O4/c27-19(30-15-16-7-2-1-3-8-16)14-25-12-6-10-18-20(25)24-22(29)26(21(18)28)13-17-9-4-5-11-23-17/h1-12H,13-15H2. The number of esters is 1. The van der Waals surface area contributed by atoms with E-state index in [1.165, 1.54) is 4.57 Å². The smallest absolute Gasteiger partial charge is 0.352 e. The second kappa shape index (κ2) is 8.52. The lowest BCUT2D eigenvalue weighted by molar-refractivity contribution is -0.145. The summed E-state index contributed by atoms with van der Waals surface area (Å²) < 4.78 is 7.76. The van der Waals surface area contributed by atoms with E-state index >= 15 is 0 Å². The molecule has 2 aliphatic rings. The summed E-state index contributed by atoms with van der Waals surface area (Å²) in [5, 5.41) is 0. The second-order valence-corrected chi connectivity index (χ2v) is 6.63. The van der Waals surface area contributed by atoms with Crippen LogP contribution in [0.2, 0.25) is 0 Å². The molecule has 1 aromatic carbocycles. The van der Waals surface area contributed by atoms with Gasteiger partial charge in [-0.15, -0.1) is 0 Å². The van der Waals surface area contributed by atoms with E-state index in [2.05, 4.69) is 9.97 Å². The third kappa shape index (κ3) is 4.17. The minimum atomic E-state index is -0.698. The number of ether oxygens (including phenoxy) is 1. The summed E-state index contributed by atoms with van der Waals surface area (Å²) in [4.78, 5) is 45.8. The Balaban J connectivity index is 1.58. The molecule has 2 aromatic rings. The van der Waals surface area contributed by atoms with Crippen molar-refractivity contribution in [1.82, 2.24) is 19.1 Å². The molecule has 0 saturated carbocycles. The van der Waals surface area contributed by atoms with Crippen molar-refractivity contribution in [2.24, 2.45) is 0 Å². The zero-order chi connectivity index (χ0) is 20.9. The van der Waals surface area contributed by atoms with E-state index in [1.807, 2.05) is 30.3 Å². The van der Waals surface area contributed by atoms with Crippen LogP contribution >= 0.6 is 0 Å². The molecular formula is C22H18N4O4. The zero-order valence-corrected chi connectivity index (χ0v) is 16.0. The van der Waals surface area contributed by atoms with E-state index in [9.17, 15) is 14.4 Å². The van der Waals surface area contributed by atoms with Crippen molar-refractivity contribution in [3.05, 3.63) is 105 Å². The van der Waals surface area contributed by atoms with Gasteiger partial charge < -0.3 is 9.30 Å². The van der Waals surface area contributed by atoms with Crippen LogP contribution in [0.1, 0.15) is 11.3 Å². The number of hydrogen-bond acceptors (Lipinski definition) is 6. The van der Waals surface area contributed by atoms with Gasteiger partial charge in [-0.2, -0.15) is 4.98 Å². The van der Waals surface area contributed by atoms with Crippen LogP contribution in [0.25, 0.3) is 11.4 Å². The van der Waals surface area contributed by atoms with Gasteiger partial charge in [0.05, 0.1) is 17.8 Å². The van der Waals surface area contributed by atoms with Crippen molar-refractivity contribution in [2.75, 3.05) is 0 Å². The number of nitrogens with zero attached hydrogens (tertiary/aromatic N) is 4. The van der Waals surface area contributed by atoms with Crippen molar-refractivity contribution in [3.63, 3.8) is 0 Å². The van der Waals surface area contributed by atoms with Crippen molar-refractivity contribution in [2.45, 2.75) is 19.7 Å². The molecule has 0 N–H and O–H groups in total. The molecule has 0 spiro atoms. The molecule has 0 fully saturated rings. The van der Waals surface area contributed by atoms with Crippen molar-refractivity contribution in [3.8, 4) is 11.4 Å².